The quantitative estimate of drug-likeness (QED) is 0.879. The third-order valence-corrected chi connectivity index (χ3v) is 2.23. The first-order valence-corrected chi connectivity index (χ1v) is 5.08. The van der Waals surface area contributed by atoms with Crippen LogP contribution in [0.25, 0.3) is 0 Å². The fourth-order valence-corrected chi connectivity index (χ4v) is 1.44. The van der Waals surface area contributed by atoms with Gasteiger partial charge in [0, 0.05) is 6.20 Å². The minimum Gasteiger partial charge on any atom is -0.478 e. The average molecular weight is 229 g/mol. The summed E-state index contributed by atoms with van der Waals surface area (Å²) in [6.45, 7) is 1.94. The van der Waals surface area contributed by atoms with Gasteiger partial charge in [0.2, 0.25) is 0 Å². The summed E-state index contributed by atoms with van der Waals surface area (Å²) in [6.07, 6.45) is 2.82. The molecule has 1 N–H and O–H groups in total. The maximum atomic E-state index is 11.0. The molecule has 0 amide bonds. The minimum atomic E-state index is -1.03. The number of aromatic carboxylic acids is 1. The second-order valence-corrected chi connectivity index (χ2v) is 3.60. The van der Waals surface area contributed by atoms with Crippen LogP contribution in [0.1, 0.15) is 15.9 Å². The molecule has 4 heteroatoms. The third kappa shape index (κ3) is 2.60. The van der Waals surface area contributed by atoms with Gasteiger partial charge in [-0.15, -0.1) is 0 Å². The van der Waals surface area contributed by atoms with E-state index in [9.17, 15) is 4.79 Å². The maximum Gasteiger partial charge on any atom is 0.339 e. The number of carboxylic acids is 1. The van der Waals surface area contributed by atoms with Crippen LogP contribution in [0.3, 0.4) is 0 Å². The topological polar surface area (TPSA) is 59.4 Å². The van der Waals surface area contributed by atoms with Crippen molar-refractivity contribution in [3.05, 3.63) is 53.9 Å². The first-order valence-electron chi connectivity index (χ1n) is 5.08. The summed E-state index contributed by atoms with van der Waals surface area (Å²) in [5, 5.41) is 8.99. The van der Waals surface area contributed by atoms with Crippen molar-refractivity contribution in [2.45, 2.75) is 6.92 Å². The maximum absolute atomic E-state index is 11.0. The van der Waals surface area contributed by atoms with Crippen LogP contribution in [0, 0.1) is 6.92 Å². The minimum absolute atomic E-state index is 0.0986. The zero-order chi connectivity index (χ0) is 12.3. The molecular weight excluding hydrogens is 218 g/mol. The molecule has 0 aliphatic rings. The Kier molecular flexibility index (Phi) is 3.05. The largest absolute Gasteiger partial charge is 0.478 e. The molecular formula is C13H11NO3. The molecule has 0 saturated heterocycles. The van der Waals surface area contributed by atoms with E-state index < -0.39 is 5.97 Å². The lowest BCUT2D eigenvalue weighted by atomic mass is 10.2. The van der Waals surface area contributed by atoms with Gasteiger partial charge in [-0.3, -0.25) is 4.98 Å². The highest BCUT2D eigenvalue weighted by Crippen LogP contribution is 2.24. The summed E-state index contributed by atoms with van der Waals surface area (Å²) in [6, 6.07) is 8.80. The summed E-state index contributed by atoms with van der Waals surface area (Å²) >= 11 is 0. The zero-order valence-corrected chi connectivity index (χ0v) is 9.25. The number of carboxylic acid groups (broad SMARTS) is 1. The summed E-state index contributed by atoms with van der Waals surface area (Å²) in [5.74, 6) is -0.193. The highest BCUT2D eigenvalue weighted by Gasteiger charge is 2.11. The lowest BCUT2D eigenvalue weighted by Crippen LogP contribution is -2.00. The van der Waals surface area contributed by atoms with E-state index in [1.54, 1.807) is 6.07 Å². The monoisotopic (exact) mass is 229 g/mol. The van der Waals surface area contributed by atoms with Crippen LogP contribution < -0.4 is 4.74 Å². The number of aromatic nitrogens is 1. The second kappa shape index (κ2) is 4.65. The number of benzene rings is 1. The SMILES string of the molecule is Cc1cccc(Oc2cnccc2C(=O)O)c1. The average Bonchev–Trinajstić information content (AvgIpc) is 2.29. The molecule has 0 radical (unpaired) electrons. The number of carbonyl (C=O) groups is 1. The molecule has 0 atom stereocenters. The third-order valence-electron chi connectivity index (χ3n) is 2.23. The van der Waals surface area contributed by atoms with Crippen molar-refractivity contribution >= 4 is 5.97 Å². The Labute approximate surface area is 98.5 Å². The van der Waals surface area contributed by atoms with E-state index in [0.29, 0.717) is 5.75 Å². The van der Waals surface area contributed by atoms with Gasteiger partial charge < -0.3 is 9.84 Å². The Hall–Kier alpha value is -2.36. The number of hydrogen-bond donors (Lipinski definition) is 1. The lowest BCUT2D eigenvalue weighted by molar-refractivity contribution is 0.0694. The Morgan fingerprint density at radius 2 is 2.18 bits per heavy atom. The van der Waals surface area contributed by atoms with Gasteiger partial charge in [0.25, 0.3) is 0 Å². The van der Waals surface area contributed by atoms with E-state index >= 15 is 0 Å². The fraction of sp³-hybridized carbons (Fsp3) is 0.0769. The molecule has 0 fully saturated rings. The van der Waals surface area contributed by atoms with Gasteiger partial charge in [-0.05, 0) is 30.7 Å². The number of nitrogens with zero attached hydrogens (tertiary/aromatic N) is 1. The van der Waals surface area contributed by atoms with Crippen LogP contribution in [-0.4, -0.2) is 16.1 Å². The van der Waals surface area contributed by atoms with Gasteiger partial charge in [0.1, 0.15) is 11.3 Å². The van der Waals surface area contributed by atoms with E-state index in [1.807, 2.05) is 25.1 Å². The summed E-state index contributed by atoms with van der Waals surface area (Å²) in [5.41, 5.74) is 1.14. The molecule has 0 spiro atoms. The Balaban J connectivity index is 2.33. The number of rotatable bonds is 3. The lowest BCUT2D eigenvalue weighted by Gasteiger charge is -2.08. The Morgan fingerprint density at radius 1 is 1.35 bits per heavy atom. The van der Waals surface area contributed by atoms with Crippen molar-refractivity contribution in [2.75, 3.05) is 0 Å². The molecule has 0 bridgehead atoms. The highest BCUT2D eigenvalue weighted by molar-refractivity contribution is 5.90. The van der Waals surface area contributed by atoms with Crippen molar-refractivity contribution in [3.63, 3.8) is 0 Å². The molecule has 17 heavy (non-hydrogen) atoms. The number of pyridine rings is 1. The number of ether oxygens (including phenoxy) is 1. The van der Waals surface area contributed by atoms with Crippen LogP contribution in [0.2, 0.25) is 0 Å². The molecule has 0 saturated carbocycles. The smallest absolute Gasteiger partial charge is 0.339 e. The summed E-state index contributed by atoms with van der Waals surface area (Å²) in [4.78, 5) is 14.8. The van der Waals surface area contributed by atoms with Gasteiger partial charge in [0.15, 0.2) is 5.75 Å². The normalized spacial score (nSPS) is 9.94. The highest BCUT2D eigenvalue weighted by atomic mass is 16.5. The van der Waals surface area contributed by atoms with E-state index in [4.69, 9.17) is 9.84 Å². The summed E-state index contributed by atoms with van der Waals surface area (Å²) < 4.78 is 5.51. The van der Waals surface area contributed by atoms with Crippen LogP contribution in [0.15, 0.2) is 42.7 Å². The molecule has 0 aliphatic carbocycles. The van der Waals surface area contributed by atoms with Crippen LogP contribution in [0.4, 0.5) is 0 Å². The van der Waals surface area contributed by atoms with Gasteiger partial charge in [-0.1, -0.05) is 12.1 Å². The fourth-order valence-electron chi connectivity index (χ4n) is 1.44. The van der Waals surface area contributed by atoms with E-state index in [2.05, 4.69) is 4.98 Å². The molecule has 2 aromatic rings. The molecule has 1 heterocycles. The van der Waals surface area contributed by atoms with Gasteiger partial charge in [-0.2, -0.15) is 0 Å². The van der Waals surface area contributed by atoms with E-state index in [-0.39, 0.29) is 11.3 Å². The summed E-state index contributed by atoms with van der Waals surface area (Å²) in [7, 11) is 0. The van der Waals surface area contributed by atoms with Crippen molar-refractivity contribution in [2.24, 2.45) is 0 Å². The molecule has 1 aromatic carbocycles. The van der Waals surface area contributed by atoms with Crippen LogP contribution >= 0.6 is 0 Å². The standard InChI is InChI=1S/C13H11NO3/c1-9-3-2-4-10(7-9)17-12-8-14-6-5-11(12)13(15)16/h2-8H,1H3,(H,15,16). The van der Waals surface area contributed by atoms with Crippen LogP contribution in [0.5, 0.6) is 11.5 Å². The first-order chi connectivity index (χ1) is 8.16. The molecule has 0 unspecified atom stereocenters. The molecule has 86 valence electrons. The Morgan fingerprint density at radius 3 is 2.88 bits per heavy atom. The van der Waals surface area contributed by atoms with E-state index in [1.165, 1.54) is 18.5 Å². The van der Waals surface area contributed by atoms with Crippen LogP contribution in [-0.2, 0) is 0 Å². The zero-order valence-electron chi connectivity index (χ0n) is 9.25. The van der Waals surface area contributed by atoms with E-state index in [0.717, 1.165) is 5.56 Å². The molecule has 4 nitrogen and oxygen atoms in total. The van der Waals surface area contributed by atoms with Crippen molar-refractivity contribution in [3.8, 4) is 11.5 Å². The van der Waals surface area contributed by atoms with Crippen molar-refractivity contribution in [1.82, 2.24) is 4.98 Å². The first kappa shape index (κ1) is 11.1. The second-order valence-electron chi connectivity index (χ2n) is 3.60. The van der Waals surface area contributed by atoms with Gasteiger partial charge in [0.05, 0.1) is 6.20 Å². The Bertz CT molecular complexity index is 552. The number of aryl methyl sites for hydroxylation is 1. The molecule has 2 rings (SSSR count). The molecule has 0 aliphatic heterocycles. The van der Waals surface area contributed by atoms with Gasteiger partial charge >= 0.3 is 5.97 Å². The van der Waals surface area contributed by atoms with Crippen molar-refractivity contribution < 1.29 is 14.6 Å². The number of hydrogen-bond acceptors (Lipinski definition) is 3. The predicted molar refractivity (Wildman–Crippen MR) is 62.4 cm³/mol. The molecule has 1 aromatic heterocycles. The van der Waals surface area contributed by atoms with Crippen molar-refractivity contribution in [1.29, 1.82) is 0 Å². The van der Waals surface area contributed by atoms with Gasteiger partial charge in [-0.25, -0.2) is 4.79 Å². The predicted octanol–water partition coefficient (Wildman–Crippen LogP) is 2.88.